The van der Waals surface area contributed by atoms with Gasteiger partial charge < -0.3 is 10.2 Å². The summed E-state index contributed by atoms with van der Waals surface area (Å²) in [5.74, 6) is 0. The van der Waals surface area contributed by atoms with Gasteiger partial charge in [0.25, 0.3) is 0 Å². The molecule has 4 heteroatoms. The second kappa shape index (κ2) is 10.8. The Bertz CT molecular complexity index is 24.9. The predicted octanol–water partition coefficient (Wildman–Crippen LogP) is -7.55. The molecule has 0 spiro atoms. The molecule has 0 N–H and O–H groups in total. The summed E-state index contributed by atoms with van der Waals surface area (Å²) in [6, 6.07) is 0. The van der Waals surface area contributed by atoms with Crippen LogP contribution in [-0.4, -0.2) is 6.29 Å². The Balaban J connectivity index is -0.0000000800. The first-order chi connectivity index (χ1) is 2.27. The number of rotatable bonds is 1. The van der Waals surface area contributed by atoms with Gasteiger partial charge in [0.05, 0.1) is 0 Å². The first-order valence-electron chi connectivity index (χ1n) is 1.59. The van der Waals surface area contributed by atoms with E-state index in [2.05, 4.69) is 0 Å². The van der Waals surface area contributed by atoms with Gasteiger partial charge in [-0.2, -0.15) is 0 Å². The van der Waals surface area contributed by atoms with E-state index in [0.717, 1.165) is 0 Å². The zero-order valence-corrected chi connectivity index (χ0v) is 9.10. The summed E-state index contributed by atoms with van der Waals surface area (Å²) >= 11 is 0. The normalized spacial score (nSPS) is 6.86. The predicted molar refractivity (Wildman–Crippen MR) is 14.1 cm³/mol. The molecule has 0 rings (SSSR count). The molecule has 0 radical (unpaired) electrons. The maximum absolute atomic E-state index is 9.34. The second-order valence-corrected chi connectivity index (χ2v) is 0.838. The summed E-state index contributed by atoms with van der Waals surface area (Å²) in [4.78, 5) is 0. The fourth-order valence-corrected chi connectivity index (χ4v) is 0. The third-order valence-electron chi connectivity index (χ3n) is 0.333. The standard InChI is InChI=1S/C3H6O2.2Na/c1-2-3(4)5;;/h3H,2H2,1H3;;/q-2;2*+1. The second-order valence-electron chi connectivity index (χ2n) is 0.838. The van der Waals surface area contributed by atoms with Crippen LogP contribution in [-0.2, 0) is 0 Å². The summed E-state index contributed by atoms with van der Waals surface area (Å²) in [5.41, 5.74) is 0. The first kappa shape index (κ1) is 16.0. The Kier molecular flexibility index (Phi) is 24.7. The summed E-state index contributed by atoms with van der Waals surface area (Å²) in [6.07, 6.45) is -1.42. The van der Waals surface area contributed by atoms with E-state index in [-0.39, 0.29) is 65.5 Å². The number of hydrogen-bond donors (Lipinski definition) is 0. The van der Waals surface area contributed by atoms with Gasteiger partial charge in [0.2, 0.25) is 0 Å². The van der Waals surface area contributed by atoms with Crippen LogP contribution in [0.5, 0.6) is 0 Å². The van der Waals surface area contributed by atoms with Crippen molar-refractivity contribution in [2.45, 2.75) is 19.6 Å². The summed E-state index contributed by atoms with van der Waals surface area (Å²) in [5, 5.41) is 18.7. The molecule has 0 bridgehead atoms. The molecule has 0 atom stereocenters. The van der Waals surface area contributed by atoms with Crippen LogP contribution in [0.15, 0.2) is 0 Å². The molecule has 0 saturated heterocycles. The molecule has 0 unspecified atom stereocenters. The molecule has 0 aliphatic rings. The molecule has 7 heavy (non-hydrogen) atoms. The van der Waals surface area contributed by atoms with E-state index in [0.29, 0.717) is 0 Å². The average Bonchev–Trinajstić information content (AvgIpc) is 1.38. The van der Waals surface area contributed by atoms with Gasteiger partial charge in [-0.1, -0.05) is 13.3 Å². The van der Waals surface area contributed by atoms with Crippen molar-refractivity contribution in [1.29, 1.82) is 0 Å². The van der Waals surface area contributed by atoms with Crippen molar-refractivity contribution in [2.24, 2.45) is 0 Å². The molecule has 0 amide bonds. The van der Waals surface area contributed by atoms with Gasteiger partial charge in [-0.3, -0.25) is 0 Å². The third-order valence-corrected chi connectivity index (χ3v) is 0.333. The van der Waals surface area contributed by atoms with Gasteiger partial charge in [0.15, 0.2) is 0 Å². The van der Waals surface area contributed by atoms with E-state index in [4.69, 9.17) is 0 Å². The molecular formula is C3H6Na2O2. The largest absolute Gasteiger partial charge is 1.00 e. The fourth-order valence-electron chi connectivity index (χ4n) is 0. The van der Waals surface area contributed by atoms with E-state index in [9.17, 15) is 10.2 Å². The van der Waals surface area contributed by atoms with Gasteiger partial charge in [-0.15, -0.1) is 0 Å². The van der Waals surface area contributed by atoms with Gasteiger partial charge in [-0.25, -0.2) is 6.29 Å². The molecule has 0 aromatic heterocycles. The Labute approximate surface area is 87.9 Å². The SMILES string of the molecule is CCC([O-])[O-].[Na+].[Na+]. The monoisotopic (exact) mass is 120 g/mol. The van der Waals surface area contributed by atoms with Crippen LogP contribution >= 0.6 is 0 Å². The topological polar surface area (TPSA) is 46.1 Å². The zero-order chi connectivity index (χ0) is 4.28. The van der Waals surface area contributed by atoms with Gasteiger partial charge in [-0.05, 0) is 0 Å². The molecule has 0 aliphatic carbocycles. The van der Waals surface area contributed by atoms with Crippen LogP contribution in [0.25, 0.3) is 0 Å². The minimum absolute atomic E-state index is 0. The van der Waals surface area contributed by atoms with Gasteiger partial charge >= 0.3 is 59.1 Å². The zero-order valence-electron chi connectivity index (χ0n) is 5.10. The van der Waals surface area contributed by atoms with E-state index >= 15 is 0 Å². The van der Waals surface area contributed by atoms with E-state index in [1.54, 1.807) is 6.92 Å². The maximum Gasteiger partial charge on any atom is 1.00 e. The smallest absolute Gasteiger partial charge is 0.865 e. The van der Waals surface area contributed by atoms with E-state index < -0.39 is 6.29 Å². The Morgan fingerprint density at radius 2 is 1.43 bits per heavy atom. The first-order valence-corrected chi connectivity index (χ1v) is 1.59. The Morgan fingerprint density at radius 3 is 1.43 bits per heavy atom. The van der Waals surface area contributed by atoms with Crippen molar-refractivity contribution < 1.29 is 69.3 Å². The van der Waals surface area contributed by atoms with Gasteiger partial charge in [0, 0.05) is 0 Å². The van der Waals surface area contributed by atoms with E-state index in [1.807, 2.05) is 0 Å². The van der Waals surface area contributed by atoms with Crippen LogP contribution in [0.2, 0.25) is 0 Å². The molecule has 0 aliphatic heterocycles. The van der Waals surface area contributed by atoms with Crippen LogP contribution in [0.3, 0.4) is 0 Å². The minimum Gasteiger partial charge on any atom is -0.865 e. The van der Waals surface area contributed by atoms with Crippen molar-refractivity contribution in [3.63, 3.8) is 0 Å². The van der Waals surface area contributed by atoms with Crippen molar-refractivity contribution >= 4 is 0 Å². The van der Waals surface area contributed by atoms with Crippen molar-refractivity contribution in [1.82, 2.24) is 0 Å². The molecule has 0 saturated carbocycles. The van der Waals surface area contributed by atoms with Crippen molar-refractivity contribution in [2.75, 3.05) is 0 Å². The summed E-state index contributed by atoms with van der Waals surface area (Å²) in [7, 11) is 0. The molecule has 0 aromatic rings. The molecule has 0 aromatic carbocycles. The number of hydrogen-bond acceptors (Lipinski definition) is 2. The molecular weight excluding hydrogens is 114 g/mol. The van der Waals surface area contributed by atoms with Crippen LogP contribution in [0.1, 0.15) is 13.3 Å². The van der Waals surface area contributed by atoms with Crippen LogP contribution < -0.4 is 69.3 Å². The van der Waals surface area contributed by atoms with Crippen molar-refractivity contribution in [3.05, 3.63) is 0 Å². The molecule has 2 nitrogen and oxygen atoms in total. The molecule has 32 valence electrons. The van der Waals surface area contributed by atoms with Crippen molar-refractivity contribution in [3.8, 4) is 0 Å². The average molecular weight is 120 g/mol. The quantitative estimate of drug-likeness (QED) is 0.255. The summed E-state index contributed by atoms with van der Waals surface area (Å²) < 4.78 is 0. The summed E-state index contributed by atoms with van der Waals surface area (Å²) in [6.45, 7) is 1.57. The Morgan fingerprint density at radius 1 is 1.29 bits per heavy atom. The fraction of sp³-hybridized carbons (Fsp3) is 1.00. The maximum atomic E-state index is 9.34. The Hall–Kier alpha value is 1.92. The van der Waals surface area contributed by atoms with Gasteiger partial charge in [0.1, 0.15) is 0 Å². The van der Waals surface area contributed by atoms with E-state index in [1.165, 1.54) is 0 Å². The molecule has 0 heterocycles. The molecule has 0 fully saturated rings. The minimum atomic E-state index is -1.62. The third kappa shape index (κ3) is 18.1. The van der Waals surface area contributed by atoms with Crippen LogP contribution in [0, 0.1) is 0 Å². The van der Waals surface area contributed by atoms with Crippen LogP contribution in [0.4, 0.5) is 0 Å².